The third kappa shape index (κ3) is 2.26. The number of nitrogens with two attached hydrogens (primary N) is 1. The van der Waals surface area contributed by atoms with E-state index in [-0.39, 0.29) is 5.56 Å². The summed E-state index contributed by atoms with van der Waals surface area (Å²) in [6.45, 7) is 4.85. The van der Waals surface area contributed by atoms with Crippen LogP contribution in [0.2, 0.25) is 0 Å². The second-order valence-electron chi connectivity index (χ2n) is 4.82. The van der Waals surface area contributed by atoms with Gasteiger partial charge in [0, 0.05) is 25.7 Å². The first-order chi connectivity index (χ1) is 8.50. The standard InChI is InChI=1S/C13H19N3O2/c1-9-8-16(7-6-15(9)2)11-5-3-4-10(12(11)14)13(17)18/h3-5,9H,6-8,14H2,1-2H3,(H,17,18). The molecule has 1 aliphatic heterocycles. The number of benzene rings is 1. The molecule has 98 valence electrons. The highest BCUT2D eigenvalue weighted by Gasteiger charge is 2.23. The number of nitrogen functional groups attached to an aromatic ring is 1. The Morgan fingerprint density at radius 3 is 2.78 bits per heavy atom. The highest BCUT2D eigenvalue weighted by molar-refractivity contribution is 5.97. The Hall–Kier alpha value is -1.75. The van der Waals surface area contributed by atoms with E-state index in [1.165, 1.54) is 0 Å². The van der Waals surface area contributed by atoms with Crippen LogP contribution in [-0.4, -0.2) is 48.7 Å². The fourth-order valence-corrected chi connectivity index (χ4v) is 2.28. The van der Waals surface area contributed by atoms with Crippen molar-refractivity contribution in [1.82, 2.24) is 4.90 Å². The molecule has 5 heteroatoms. The van der Waals surface area contributed by atoms with Crippen LogP contribution in [-0.2, 0) is 0 Å². The van der Waals surface area contributed by atoms with Gasteiger partial charge in [-0.3, -0.25) is 0 Å². The van der Waals surface area contributed by atoms with Crippen LogP contribution in [0.25, 0.3) is 0 Å². The normalized spacial score (nSPS) is 21.0. The van der Waals surface area contributed by atoms with E-state index in [0.29, 0.717) is 11.7 Å². The summed E-state index contributed by atoms with van der Waals surface area (Å²) in [5, 5.41) is 9.08. The van der Waals surface area contributed by atoms with Gasteiger partial charge >= 0.3 is 5.97 Å². The number of carboxylic acid groups (broad SMARTS) is 1. The topological polar surface area (TPSA) is 69.8 Å². The average molecular weight is 249 g/mol. The summed E-state index contributed by atoms with van der Waals surface area (Å²) in [6.07, 6.45) is 0. The van der Waals surface area contributed by atoms with Gasteiger partial charge in [0.2, 0.25) is 0 Å². The number of hydrogen-bond acceptors (Lipinski definition) is 4. The minimum Gasteiger partial charge on any atom is -0.478 e. The number of piperazine rings is 1. The van der Waals surface area contributed by atoms with Crippen LogP contribution in [0.15, 0.2) is 18.2 Å². The largest absolute Gasteiger partial charge is 0.478 e. The lowest BCUT2D eigenvalue weighted by Gasteiger charge is -2.39. The maximum absolute atomic E-state index is 11.1. The molecule has 3 N–H and O–H groups in total. The first-order valence-corrected chi connectivity index (χ1v) is 6.07. The molecule has 0 radical (unpaired) electrons. The van der Waals surface area contributed by atoms with Crippen molar-refractivity contribution in [3.63, 3.8) is 0 Å². The Balaban J connectivity index is 2.29. The molecular weight excluding hydrogens is 230 g/mol. The predicted octanol–water partition coefficient (Wildman–Crippen LogP) is 1.11. The molecule has 1 aromatic carbocycles. The van der Waals surface area contributed by atoms with Crippen LogP contribution in [0.5, 0.6) is 0 Å². The van der Waals surface area contributed by atoms with E-state index < -0.39 is 5.97 Å². The molecule has 1 aromatic rings. The van der Waals surface area contributed by atoms with Gasteiger partial charge in [0.25, 0.3) is 0 Å². The number of para-hydroxylation sites is 1. The average Bonchev–Trinajstić information content (AvgIpc) is 2.33. The number of nitrogens with zero attached hydrogens (tertiary/aromatic N) is 2. The summed E-state index contributed by atoms with van der Waals surface area (Å²) in [5.74, 6) is -0.975. The summed E-state index contributed by atoms with van der Waals surface area (Å²) < 4.78 is 0. The highest BCUT2D eigenvalue weighted by Crippen LogP contribution is 2.28. The molecule has 5 nitrogen and oxygen atoms in total. The van der Waals surface area contributed by atoms with Gasteiger partial charge < -0.3 is 20.6 Å². The van der Waals surface area contributed by atoms with Crippen LogP contribution in [0, 0.1) is 0 Å². The molecule has 1 fully saturated rings. The molecule has 0 bridgehead atoms. The Bertz CT molecular complexity index is 462. The zero-order chi connectivity index (χ0) is 13.3. The Labute approximate surface area is 107 Å². The summed E-state index contributed by atoms with van der Waals surface area (Å²) in [4.78, 5) is 15.5. The molecule has 0 aliphatic carbocycles. The van der Waals surface area contributed by atoms with Crippen molar-refractivity contribution >= 4 is 17.3 Å². The molecule has 0 saturated carbocycles. The summed E-state index contributed by atoms with van der Waals surface area (Å²) in [7, 11) is 2.10. The van der Waals surface area contributed by atoms with E-state index in [2.05, 4.69) is 23.8 Å². The van der Waals surface area contributed by atoms with Crippen molar-refractivity contribution in [3.8, 4) is 0 Å². The van der Waals surface area contributed by atoms with Gasteiger partial charge in [-0.25, -0.2) is 4.79 Å². The first kappa shape index (κ1) is 12.7. The van der Waals surface area contributed by atoms with E-state index in [9.17, 15) is 4.79 Å². The number of hydrogen-bond donors (Lipinski definition) is 2. The lowest BCUT2D eigenvalue weighted by atomic mass is 10.1. The van der Waals surface area contributed by atoms with E-state index >= 15 is 0 Å². The number of anilines is 2. The smallest absolute Gasteiger partial charge is 0.337 e. The molecule has 0 aromatic heterocycles. The summed E-state index contributed by atoms with van der Waals surface area (Å²) in [6, 6.07) is 5.62. The fourth-order valence-electron chi connectivity index (χ4n) is 2.28. The summed E-state index contributed by atoms with van der Waals surface area (Å²) >= 11 is 0. The van der Waals surface area contributed by atoms with E-state index in [0.717, 1.165) is 25.3 Å². The van der Waals surface area contributed by atoms with Crippen molar-refractivity contribution in [1.29, 1.82) is 0 Å². The zero-order valence-electron chi connectivity index (χ0n) is 10.8. The van der Waals surface area contributed by atoms with Gasteiger partial charge in [0.15, 0.2) is 0 Å². The molecule has 1 saturated heterocycles. The van der Waals surface area contributed by atoms with Crippen LogP contribution in [0.4, 0.5) is 11.4 Å². The first-order valence-electron chi connectivity index (χ1n) is 6.07. The fraction of sp³-hybridized carbons (Fsp3) is 0.462. The van der Waals surface area contributed by atoms with Crippen LogP contribution in [0.3, 0.4) is 0 Å². The van der Waals surface area contributed by atoms with E-state index in [1.807, 2.05) is 6.07 Å². The monoisotopic (exact) mass is 249 g/mol. The number of rotatable bonds is 2. The Morgan fingerprint density at radius 2 is 2.17 bits per heavy atom. The Morgan fingerprint density at radius 1 is 1.44 bits per heavy atom. The minimum absolute atomic E-state index is 0.180. The molecule has 1 unspecified atom stereocenters. The molecular formula is C13H19N3O2. The van der Waals surface area contributed by atoms with E-state index in [4.69, 9.17) is 10.8 Å². The molecule has 1 heterocycles. The van der Waals surface area contributed by atoms with Gasteiger partial charge in [-0.15, -0.1) is 0 Å². The molecule has 0 amide bonds. The molecule has 0 spiro atoms. The van der Waals surface area contributed by atoms with Gasteiger partial charge in [-0.05, 0) is 26.1 Å². The molecule has 1 atom stereocenters. The van der Waals surface area contributed by atoms with E-state index in [1.54, 1.807) is 12.1 Å². The molecule has 18 heavy (non-hydrogen) atoms. The zero-order valence-corrected chi connectivity index (χ0v) is 10.8. The van der Waals surface area contributed by atoms with Gasteiger partial charge in [-0.1, -0.05) is 6.07 Å². The maximum Gasteiger partial charge on any atom is 0.337 e. The van der Waals surface area contributed by atoms with Gasteiger partial charge in [0.05, 0.1) is 16.9 Å². The quantitative estimate of drug-likeness (QED) is 0.768. The van der Waals surface area contributed by atoms with Gasteiger partial charge in [0.1, 0.15) is 0 Å². The molecule has 2 rings (SSSR count). The van der Waals surface area contributed by atoms with Crippen LogP contribution in [0.1, 0.15) is 17.3 Å². The number of carboxylic acids is 1. The summed E-state index contributed by atoms with van der Waals surface area (Å²) in [5.41, 5.74) is 7.33. The lowest BCUT2D eigenvalue weighted by Crippen LogP contribution is -2.50. The third-order valence-corrected chi connectivity index (χ3v) is 3.61. The molecule has 1 aliphatic rings. The highest BCUT2D eigenvalue weighted by atomic mass is 16.4. The predicted molar refractivity (Wildman–Crippen MR) is 72.1 cm³/mol. The second-order valence-corrected chi connectivity index (χ2v) is 4.82. The van der Waals surface area contributed by atoms with Crippen molar-refractivity contribution in [2.45, 2.75) is 13.0 Å². The van der Waals surface area contributed by atoms with Crippen molar-refractivity contribution < 1.29 is 9.90 Å². The van der Waals surface area contributed by atoms with Crippen molar-refractivity contribution in [3.05, 3.63) is 23.8 Å². The number of carbonyl (C=O) groups is 1. The SMILES string of the molecule is CC1CN(c2cccc(C(=O)O)c2N)CCN1C. The minimum atomic E-state index is -0.975. The Kier molecular flexibility index (Phi) is 3.43. The van der Waals surface area contributed by atoms with Crippen molar-refractivity contribution in [2.75, 3.05) is 37.3 Å². The van der Waals surface area contributed by atoms with Crippen molar-refractivity contribution in [2.24, 2.45) is 0 Å². The number of likely N-dealkylation sites (N-methyl/N-ethyl adjacent to an activating group) is 1. The van der Waals surface area contributed by atoms with Crippen LogP contribution < -0.4 is 10.6 Å². The second kappa shape index (κ2) is 4.86. The van der Waals surface area contributed by atoms with Crippen LogP contribution >= 0.6 is 0 Å². The third-order valence-electron chi connectivity index (χ3n) is 3.61. The maximum atomic E-state index is 11.1. The lowest BCUT2D eigenvalue weighted by molar-refractivity contribution is 0.0698. The number of aromatic carboxylic acids is 1. The van der Waals surface area contributed by atoms with Gasteiger partial charge in [-0.2, -0.15) is 0 Å².